The normalized spacial score (nSPS) is 15.7. The van der Waals surface area contributed by atoms with Crippen molar-refractivity contribution >= 4 is 5.91 Å². The third-order valence-corrected chi connectivity index (χ3v) is 4.23. The Hall–Kier alpha value is -2.07. The van der Waals surface area contributed by atoms with E-state index >= 15 is 0 Å². The fourth-order valence-electron chi connectivity index (χ4n) is 2.61. The Balaban J connectivity index is 1.66. The molecule has 2 N–H and O–H groups in total. The Morgan fingerprint density at radius 2 is 2.00 bits per heavy atom. The van der Waals surface area contributed by atoms with Gasteiger partial charge in [0.2, 0.25) is 0 Å². The zero-order chi connectivity index (χ0) is 14.7. The number of hydrogen-bond donors (Lipinski definition) is 2. The maximum atomic E-state index is 12.3. The number of rotatable bonds is 6. The van der Waals surface area contributed by atoms with E-state index in [1.54, 1.807) is 0 Å². The number of nitrogens with zero attached hydrogens (tertiary/aromatic N) is 1. The van der Waals surface area contributed by atoms with Crippen LogP contribution in [0.3, 0.4) is 0 Å². The molecule has 110 valence electrons. The molecule has 4 heteroatoms. The Labute approximate surface area is 124 Å². The van der Waals surface area contributed by atoms with E-state index in [2.05, 4.69) is 5.32 Å². The van der Waals surface area contributed by atoms with Gasteiger partial charge in [-0.1, -0.05) is 6.07 Å². The zero-order valence-electron chi connectivity index (χ0n) is 12.0. The van der Waals surface area contributed by atoms with E-state index in [4.69, 9.17) is 5.11 Å². The van der Waals surface area contributed by atoms with Crippen molar-refractivity contribution in [2.45, 2.75) is 19.3 Å². The van der Waals surface area contributed by atoms with Crippen molar-refractivity contribution in [2.75, 3.05) is 13.2 Å². The van der Waals surface area contributed by atoms with Gasteiger partial charge in [-0.15, -0.1) is 0 Å². The fourth-order valence-corrected chi connectivity index (χ4v) is 2.61. The van der Waals surface area contributed by atoms with E-state index in [0.717, 1.165) is 24.9 Å². The first-order chi connectivity index (χ1) is 10.2. The van der Waals surface area contributed by atoms with Crippen LogP contribution in [0.25, 0.3) is 5.69 Å². The van der Waals surface area contributed by atoms with Crippen molar-refractivity contribution in [1.82, 2.24) is 9.88 Å². The average Bonchev–Trinajstić information content (AvgIpc) is 3.06. The summed E-state index contributed by atoms with van der Waals surface area (Å²) in [6.07, 6.45) is 6.88. The molecular weight excluding hydrogens is 264 g/mol. The number of aliphatic hydroxyl groups is 1. The lowest BCUT2D eigenvalue weighted by Crippen LogP contribution is -2.30. The van der Waals surface area contributed by atoms with Gasteiger partial charge in [0.25, 0.3) is 5.91 Å². The van der Waals surface area contributed by atoms with Crippen LogP contribution < -0.4 is 5.32 Å². The summed E-state index contributed by atoms with van der Waals surface area (Å²) in [7, 11) is 0. The smallest absolute Gasteiger partial charge is 0.251 e. The van der Waals surface area contributed by atoms with Crippen molar-refractivity contribution in [3.05, 3.63) is 54.4 Å². The number of nitrogens with one attached hydrogen (secondary N) is 1. The van der Waals surface area contributed by atoms with E-state index < -0.39 is 0 Å². The summed E-state index contributed by atoms with van der Waals surface area (Å²) in [5.41, 5.74) is 1.78. The van der Waals surface area contributed by atoms with Gasteiger partial charge in [-0.2, -0.15) is 0 Å². The van der Waals surface area contributed by atoms with Crippen LogP contribution in [0.1, 0.15) is 29.6 Å². The van der Waals surface area contributed by atoms with E-state index in [-0.39, 0.29) is 17.9 Å². The summed E-state index contributed by atoms with van der Waals surface area (Å²) in [6, 6.07) is 11.5. The summed E-state index contributed by atoms with van der Waals surface area (Å²) < 4.78 is 1.98. The van der Waals surface area contributed by atoms with Crippen molar-refractivity contribution in [3.8, 4) is 5.69 Å². The number of amides is 1. The number of aliphatic hydroxyl groups excluding tert-OH is 1. The van der Waals surface area contributed by atoms with Gasteiger partial charge in [0.05, 0.1) is 0 Å². The first-order valence-electron chi connectivity index (χ1n) is 7.35. The molecule has 1 aliphatic rings. The number of carbonyl (C=O) groups is 1. The van der Waals surface area contributed by atoms with Gasteiger partial charge in [0.1, 0.15) is 0 Å². The van der Waals surface area contributed by atoms with Gasteiger partial charge in [0, 0.05) is 36.8 Å². The molecule has 21 heavy (non-hydrogen) atoms. The van der Waals surface area contributed by atoms with Crippen LogP contribution in [-0.2, 0) is 0 Å². The fraction of sp³-hybridized carbons (Fsp3) is 0.353. The lowest BCUT2D eigenvalue weighted by Gasteiger charge is -2.15. The lowest BCUT2D eigenvalue weighted by atomic mass is 10.0. The standard InChI is InChI=1S/C17H20N2O2/c20-11-8-17(6-7-17)13-18-16(21)14-4-3-5-15(12-14)19-9-1-2-10-19/h1-5,9-10,12,20H,6-8,11,13H2,(H,18,21). The van der Waals surface area contributed by atoms with Crippen molar-refractivity contribution in [2.24, 2.45) is 5.41 Å². The number of aromatic nitrogens is 1. The Kier molecular flexibility index (Phi) is 3.80. The Morgan fingerprint density at radius 3 is 2.67 bits per heavy atom. The topological polar surface area (TPSA) is 54.3 Å². The molecule has 3 rings (SSSR count). The molecule has 0 bridgehead atoms. The SMILES string of the molecule is O=C(NCC1(CCO)CC1)c1cccc(-n2cccc2)c1. The highest BCUT2D eigenvalue weighted by molar-refractivity contribution is 5.94. The van der Waals surface area contributed by atoms with Crippen molar-refractivity contribution < 1.29 is 9.90 Å². The van der Waals surface area contributed by atoms with Crippen LogP contribution in [0.15, 0.2) is 48.8 Å². The molecule has 1 heterocycles. The lowest BCUT2D eigenvalue weighted by molar-refractivity contribution is 0.0941. The predicted octanol–water partition coefficient (Wildman–Crippen LogP) is 2.37. The predicted molar refractivity (Wildman–Crippen MR) is 81.5 cm³/mol. The van der Waals surface area contributed by atoms with Crippen LogP contribution in [-0.4, -0.2) is 28.7 Å². The van der Waals surface area contributed by atoms with Gasteiger partial charge in [-0.05, 0) is 55.0 Å². The van der Waals surface area contributed by atoms with Gasteiger partial charge in [-0.25, -0.2) is 0 Å². The van der Waals surface area contributed by atoms with Crippen molar-refractivity contribution in [1.29, 1.82) is 0 Å². The van der Waals surface area contributed by atoms with Crippen LogP contribution in [0, 0.1) is 5.41 Å². The largest absolute Gasteiger partial charge is 0.396 e. The molecule has 2 aromatic rings. The van der Waals surface area contributed by atoms with Crippen LogP contribution >= 0.6 is 0 Å². The van der Waals surface area contributed by atoms with Crippen LogP contribution in [0.5, 0.6) is 0 Å². The van der Waals surface area contributed by atoms with Crippen LogP contribution in [0.4, 0.5) is 0 Å². The minimum Gasteiger partial charge on any atom is -0.396 e. The van der Waals surface area contributed by atoms with E-state index in [0.29, 0.717) is 12.1 Å². The molecule has 0 atom stereocenters. The maximum Gasteiger partial charge on any atom is 0.251 e. The highest BCUT2D eigenvalue weighted by Gasteiger charge is 2.41. The molecule has 0 aliphatic heterocycles. The highest BCUT2D eigenvalue weighted by Crippen LogP contribution is 2.47. The van der Waals surface area contributed by atoms with E-state index in [9.17, 15) is 4.79 Å². The summed E-state index contributed by atoms with van der Waals surface area (Å²) in [5.74, 6) is -0.0479. The van der Waals surface area contributed by atoms with Gasteiger partial charge in [0.15, 0.2) is 0 Å². The molecule has 1 fully saturated rings. The average molecular weight is 284 g/mol. The minimum absolute atomic E-state index is 0.0479. The first kappa shape index (κ1) is 13.9. The molecule has 1 saturated carbocycles. The van der Waals surface area contributed by atoms with Gasteiger partial charge in [-0.3, -0.25) is 4.79 Å². The van der Waals surface area contributed by atoms with Gasteiger partial charge >= 0.3 is 0 Å². The zero-order valence-corrected chi connectivity index (χ0v) is 12.0. The number of benzene rings is 1. The Morgan fingerprint density at radius 1 is 1.24 bits per heavy atom. The third-order valence-electron chi connectivity index (χ3n) is 4.23. The molecular formula is C17H20N2O2. The molecule has 0 spiro atoms. The number of hydrogen-bond acceptors (Lipinski definition) is 2. The quantitative estimate of drug-likeness (QED) is 0.855. The summed E-state index contributed by atoms with van der Waals surface area (Å²) in [4.78, 5) is 12.3. The molecule has 4 nitrogen and oxygen atoms in total. The summed E-state index contributed by atoms with van der Waals surface area (Å²) in [5, 5.41) is 12.1. The molecule has 0 saturated heterocycles. The highest BCUT2D eigenvalue weighted by atomic mass is 16.3. The van der Waals surface area contributed by atoms with E-state index in [1.807, 2.05) is 53.4 Å². The second kappa shape index (κ2) is 5.74. The summed E-state index contributed by atoms with van der Waals surface area (Å²) >= 11 is 0. The molecule has 1 aromatic carbocycles. The third kappa shape index (κ3) is 3.16. The molecule has 1 amide bonds. The molecule has 0 unspecified atom stereocenters. The molecule has 0 radical (unpaired) electrons. The second-order valence-electron chi connectivity index (χ2n) is 5.80. The van der Waals surface area contributed by atoms with Gasteiger partial charge < -0.3 is 15.0 Å². The molecule has 1 aromatic heterocycles. The minimum atomic E-state index is -0.0479. The van der Waals surface area contributed by atoms with E-state index in [1.165, 1.54) is 0 Å². The first-order valence-corrected chi connectivity index (χ1v) is 7.35. The maximum absolute atomic E-state index is 12.3. The Bertz CT molecular complexity index is 615. The monoisotopic (exact) mass is 284 g/mol. The van der Waals surface area contributed by atoms with Crippen LogP contribution in [0.2, 0.25) is 0 Å². The summed E-state index contributed by atoms with van der Waals surface area (Å²) in [6.45, 7) is 0.846. The number of carbonyl (C=O) groups excluding carboxylic acids is 1. The van der Waals surface area contributed by atoms with Crippen molar-refractivity contribution in [3.63, 3.8) is 0 Å². The second-order valence-corrected chi connectivity index (χ2v) is 5.80. The molecule has 1 aliphatic carbocycles.